The third-order valence-electron chi connectivity index (χ3n) is 4.92. The van der Waals surface area contributed by atoms with Gasteiger partial charge in [0, 0.05) is 20.5 Å². The molecule has 0 atom stereocenters. The molecule has 0 amide bonds. The Morgan fingerprint density at radius 3 is 2.65 bits per heavy atom. The third kappa shape index (κ3) is 5.15. The van der Waals surface area contributed by atoms with E-state index in [0.29, 0.717) is 16.3 Å². The molecular formula is C20H25IN6O2S2. The lowest BCUT2D eigenvalue weighted by Crippen LogP contribution is -2.42. The lowest BCUT2D eigenvalue weighted by molar-refractivity contribution is 0.488. The molecule has 1 aliphatic carbocycles. The number of nitrogens with two attached hydrogens (primary N) is 1. The maximum atomic E-state index is 12.6. The fraction of sp³-hybridized carbons (Fsp3) is 0.450. The maximum Gasteiger partial charge on any atom is 0.213 e. The molecule has 1 aromatic carbocycles. The Morgan fingerprint density at radius 1 is 1.23 bits per heavy atom. The first-order valence-electron chi connectivity index (χ1n) is 10.00. The van der Waals surface area contributed by atoms with E-state index in [9.17, 15) is 8.42 Å². The Hall–Kier alpha value is -1.44. The highest BCUT2D eigenvalue weighted by atomic mass is 127. The summed E-state index contributed by atoms with van der Waals surface area (Å²) in [6.45, 7) is 5.68. The number of anilines is 1. The van der Waals surface area contributed by atoms with Gasteiger partial charge < -0.3 is 10.3 Å². The minimum Gasteiger partial charge on any atom is -0.382 e. The minimum absolute atomic E-state index is 0.0888. The highest BCUT2D eigenvalue weighted by Crippen LogP contribution is 2.37. The van der Waals surface area contributed by atoms with Crippen LogP contribution in [-0.4, -0.2) is 39.2 Å². The zero-order valence-corrected chi connectivity index (χ0v) is 21.4. The zero-order chi connectivity index (χ0) is 22.4. The van der Waals surface area contributed by atoms with Gasteiger partial charge in [-0.25, -0.2) is 28.1 Å². The Bertz CT molecular complexity index is 1250. The summed E-state index contributed by atoms with van der Waals surface area (Å²) in [5.41, 5.74) is 9.31. The summed E-state index contributed by atoms with van der Waals surface area (Å²) in [6, 6.07) is 4.47. The molecule has 0 radical (unpaired) electrons. The highest BCUT2D eigenvalue weighted by molar-refractivity contribution is 14.1. The second kappa shape index (κ2) is 8.49. The van der Waals surface area contributed by atoms with Crippen molar-refractivity contribution < 1.29 is 8.42 Å². The fourth-order valence-corrected chi connectivity index (χ4v) is 6.99. The van der Waals surface area contributed by atoms with Crippen LogP contribution in [0.4, 0.5) is 5.82 Å². The largest absolute Gasteiger partial charge is 0.382 e. The quantitative estimate of drug-likeness (QED) is 0.436. The number of hydrogen-bond acceptors (Lipinski definition) is 7. The normalized spacial score (nSPS) is 14.3. The zero-order valence-electron chi connectivity index (χ0n) is 17.6. The molecule has 0 unspecified atom stereocenters. The van der Waals surface area contributed by atoms with E-state index in [2.05, 4.69) is 54.4 Å². The SMILES string of the molecule is CC(C)(C)NS(=O)(=O)CCn1c(Sc2cc3c(cc2I)CCC3)nc2c(N)ncnc21. The Labute approximate surface area is 200 Å². The number of rotatable bonds is 6. The van der Waals surface area contributed by atoms with Gasteiger partial charge in [-0.15, -0.1) is 0 Å². The van der Waals surface area contributed by atoms with E-state index in [0.717, 1.165) is 21.3 Å². The van der Waals surface area contributed by atoms with Crippen molar-refractivity contribution in [3.8, 4) is 0 Å². The Kier molecular flexibility index (Phi) is 6.23. The summed E-state index contributed by atoms with van der Waals surface area (Å²) in [5, 5.41) is 0.657. The molecule has 0 aliphatic heterocycles. The van der Waals surface area contributed by atoms with Crippen LogP contribution in [0.25, 0.3) is 11.2 Å². The summed E-state index contributed by atoms with van der Waals surface area (Å²) in [5.74, 6) is 0.194. The van der Waals surface area contributed by atoms with Gasteiger partial charge in [0.25, 0.3) is 0 Å². The highest BCUT2D eigenvalue weighted by Gasteiger charge is 2.23. The van der Waals surface area contributed by atoms with Gasteiger partial charge in [-0.05, 0) is 85.9 Å². The molecule has 4 rings (SSSR count). The van der Waals surface area contributed by atoms with Crippen molar-refractivity contribution in [3.63, 3.8) is 0 Å². The first kappa shape index (κ1) is 22.7. The number of fused-ring (bicyclic) bond motifs is 2. The van der Waals surface area contributed by atoms with Gasteiger partial charge in [0.2, 0.25) is 10.0 Å². The summed E-state index contributed by atoms with van der Waals surface area (Å²) in [4.78, 5) is 14.2. The van der Waals surface area contributed by atoms with Gasteiger partial charge in [0.05, 0.1) is 5.75 Å². The summed E-state index contributed by atoms with van der Waals surface area (Å²) >= 11 is 3.86. The van der Waals surface area contributed by atoms with Crippen LogP contribution in [-0.2, 0) is 29.4 Å². The van der Waals surface area contributed by atoms with Crippen LogP contribution in [0, 0.1) is 3.57 Å². The van der Waals surface area contributed by atoms with Crippen molar-refractivity contribution >= 4 is 61.4 Å². The van der Waals surface area contributed by atoms with Crippen molar-refractivity contribution in [2.75, 3.05) is 11.5 Å². The van der Waals surface area contributed by atoms with Crippen LogP contribution < -0.4 is 10.5 Å². The molecule has 0 fully saturated rings. The Morgan fingerprint density at radius 2 is 1.94 bits per heavy atom. The number of aromatic nitrogens is 4. The molecule has 2 heterocycles. The van der Waals surface area contributed by atoms with Crippen LogP contribution >= 0.6 is 34.4 Å². The predicted octanol–water partition coefficient (Wildman–Crippen LogP) is 3.37. The average molecular weight is 572 g/mol. The van der Waals surface area contributed by atoms with Crippen molar-refractivity contribution in [2.24, 2.45) is 0 Å². The molecule has 3 N–H and O–H groups in total. The molecule has 1 aliphatic rings. The van der Waals surface area contributed by atoms with Gasteiger partial charge in [-0.2, -0.15) is 0 Å². The minimum atomic E-state index is -3.48. The van der Waals surface area contributed by atoms with Crippen molar-refractivity contribution in [1.29, 1.82) is 0 Å². The molecule has 0 bridgehead atoms. The number of sulfonamides is 1. The first-order valence-corrected chi connectivity index (χ1v) is 13.5. The molecule has 166 valence electrons. The number of benzene rings is 1. The van der Waals surface area contributed by atoms with Crippen molar-refractivity contribution in [1.82, 2.24) is 24.2 Å². The molecule has 0 saturated carbocycles. The molecule has 11 heteroatoms. The van der Waals surface area contributed by atoms with E-state index >= 15 is 0 Å². The van der Waals surface area contributed by atoms with E-state index in [-0.39, 0.29) is 18.1 Å². The number of hydrogen-bond donors (Lipinski definition) is 2. The van der Waals surface area contributed by atoms with E-state index in [1.807, 2.05) is 25.3 Å². The van der Waals surface area contributed by atoms with E-state index in [1.165, 1.54) is 35.6 Å². The first-order chi connectivity index (χ1) is 14.5. The van der Waals surface area contributed by atoms with Crippen LogP contribution in [0.2, 0.25) is 0 Å². The molecule has 2 aromatic heterocycles. The Balaban J connectivity index is 1.70. The van der Waals surface area contributed by atoms with Crippen molar-refractivity contribution in [3.05, 3.63) is 33.2 Å². The van der Waals surface area contributed by atoms with E-state index < -0.39 is 15.6 Å². The van der Waals surface area contributed by atoms with Gasteiger partial charge in [0.1, 0.15) is 6.33 Å². The second-order valence-electron chi connectivity index (χ2n) is 8.66. The van der Waals surface area contributed by atoms with Crippen molar-refractivity contribution in [2.45, 2.75) is 62.2 Å². The van der Waals surface area contributed by atoms with Crippen LogP contribution in [0.1, 0.15) is 38.3 Å². The number of imidazole rings is 1. The number of nitrogens with zero attached hydrogens (tertiary/aromatic N) is 4. The predicted molar refractivity (Wildman–Crippen MR) is 132 cm³/mol. The average Bonchev–Trinajstić information content (AvgIpc) is 3.23. The molecule has 31 heavy (non-hydrogen) atoms. The van der Waals surface area contributed by atoms with Gasteiger partial charge in [-0.1, -0.05) is 11.8 Å². The molecule has 0 saturated heterocycles. The number of aryl methyl sites for hydroxylation is 3. The van der Waals surface area contributed by atoms with Gasteiger partial charge in [0.15, 0.2) is 22.1 Å². The number of halogens is 1. The van der Waals surface area contributed by atoms with E-state index in [4.69, 9.17) is 5.73 Å². The van der Waals surface area contributed by atoms with Crippen LogP contribution in [0.3, 0.4) is 0 Å². The van der Waals surface area contributed by atoms with Gasteiger partial charge >= 0.3 is 0 Å². The number of nitrogens with one attached hydrogen (secondary N) is 1. The number of nitrogen functional groups attached to an aromatic ring is 1. The second-order valence-corrected chi connectivity index (χ2v) is 12.7. The summed E-state index contributed by atoms with van der Waals surface area (Å²) in [6.07, 6.45) is 4.78. The topological polar surface area (TPSA) is 116 Å². The fourth-order valence-electron chi connectivity index (χ4n) is 3.69. The van der Waals surface area contributed by atoms with Gasteiger partial charge in [-0.3, -0.25) is 0 Å². The lowest BCUT2D eigenvalue weighted by Gasteiger charge is -2.20. The summed E-state index contributed by atoms with van der Waals surface area (Å²) in [7, 11) is -3.48. The van der Waals surface area contributed by atoms with Crippen LogP contribution in [0.5, 0.6) is 0 Å². The van der Waals surface area contributed by atoms with Crippen LogP contribution in [0.15, 0.2) is 28.5 Å². The molecular weight excluding hydrogens is 547 g/mol. The molecule has 3 aromatic rings. The standard InChI is InChI=1S/C20H25IN6O2S2/c1-20(2,3)26-31(28,29)8-7-27-18-16(17(22)23-11-24-18)25-19(27)30-15-10-13-6-4-5-12(13)9-14(15)21/h9-11,26H,4-8H2,1-3H3,(H2,22,23,24). The van der Waals surface area contributed by atoms with E-state index in [1.54, 1.807) is 0 Å². The summed E-state index contributed by atoms with van der Waals surface area (Å²) < 4.78 is 30.8. The monoisotopic (exact) mass is 572 g/mol. The molecule has 8 nitrogen and oxygen atoms in total. The molecule has 0 spiro atoms. The maximum absolute atomic E-state index is 12.6. The lowest BCUT2D eigenvalue weighted by atomic mass is 10.1. The smallest absolute Gasteiger partial charge is 0.213 e. The third-order valence-corrected chi connectivity index (χ3v) is 8.87.